The maximum atomic E-state index is 13.0. The van der Waals surface area contributed by atoms with Crippen molar-refractivity contribution >= 4 is 28.3 Å². The number of hydrogen-bond acceptors (Lipinski definition) is 6. The number of benzene rings is 1. The zero-order chi connectivity index (χ0) is 19.6. The van der Waals surface area contributed by atoms with Crippen LogP contribution in [-0.2, 0) is 14.8 Å². The van der Waals surface area contributed by atoms with Crippen LogP contribution in [0.5, 0.6) is 11.5 Å². The standard InChI is InChI=1S/C18H27N3O5S.ClH/c1-13(2)17(19)18(22)20-6-3-7-21(9-8-20)27(23,24)14-4-5-15-16(12-14)26-11-10-25-15;/h4-5,12-13,17H,3,6-11,19H2,1-2H3;1H/t17-;/m0./s1. The molecule has 1 aromatic rings. The minimum Gasteiger partial charge on any atom is -0.486 e. The molecule has 1 amide bonds. The van der Waals surface area contributed by atoms with Crippen LogP contribution in [0.1, 0.15) is 20.3 Å². The Morgan fingerprint density at radius 1 is 1.07 bits per heavy atom. The van der Waals surface area contributed by atoms with Crippen LogP contribution >= 0.6 is 12.4 Å². The van der Waals surface area contributed by atoms with E-state index in [0.29, 0.717) is 50.8 Å². The molecule has 1 fully saturated rings. The highest BCUT2D eigenvalue weighted by atomic mass is 35.5. The summed E-state index contributed by atoms with van der Waals surface area (Å²) in [7, 11) is -3.68. The molecule has 2 aliphatic rings. The highest BCUT2D eigenvalue weighted by Crippen LogP contribution is 2.33. The number of halogens is 1. The second-order valence-electron chi connectivity index (χ2n) is 7.16. The van der Waals surface area contributed by atoms with E-state index >= 15 is 0 Å². The number of hydrogen-bond donors (Lipinski definition) is 1. The second-order valence-corrected chi connectivity index (χ2v) is 9.10. The van der Waals surface area contributed by atoms with Gasteiger partial charge < -0.3 is 20.1 Å². The molecule has 10 heteroatoms. The van der Waals surface area contributed by atoms with Crippen LogP contribution in [-0.4, -0.2) is 69.0 Å². The van der Waals surface area contributed by atoms with Gasteiger partial charge in [0.25, 0.3) is 0 Å². The molecule has 2 aliphatic heterocycles. The van der Waals surface area contributed by atoms with Crippen molar-refractivity contribution in [3.05, 3.63) is 18.2 Å². The quantitative estimate of drug-likeness (QED) is 0.762. The van der Waals surface area contributed by atoms with Crippen LogP contribution in [0.15, 0.2) is 23.1 Å². The van der Waals surface area contributed by atoms with Crippen LogP contribution in [0.3, 0.4) is 0 Å². The highest BCUT2D eigenvalue weighted by Gasteiger charge is 2.31. The van der Waals surface area contributed by atoms with E-state index in [1.165, 1.54) is 16.4 Å². The lowest BCUT2D eigenvalue weighted by Gasteiger charge is -2.26. The molecule has 158 valence electrons. The third-order valence-electron chi connectivity index (χ3n) is 4.92. The number of ether oxygens (including phenoxy) is 2. The second kappa shape index (κ2) is 9.30. The molecular weight excluding hydrogens is 406 g/mol. The molecule has 28 heavy (non-hydrogen) atoms. The molecule has 1 saturated heterocycles. The molecule has 1 aromatic carbocycles. The highest BCUT2D eigenvalue weighted by molar-refractivity contribution is 7.89. The Morgan fingerprint density at radius 2 is 1.75 bits per heavy atom. The van der Waals surface area contributed by atoms with E-state index in [0.717, 1.165) is 0 Å². The van der Waals surface area contributed by atoms with E-state index < -0.39 is 16.1 Å². The van der Waals surface area contributed by atoms with Gasteiger partial charge in [0.15, 0.2) is 11.5 Å². The summed E-state index contributed by atoms with van der Waals surface area (Å²) in [5.74, 6) is 0.911. The van der Waals surface area contributed by atoms with Crippen molar-refractivity contribution in [1.29, 1.82) is 0 Å². The maximum absolute atomic E-state index is 13.0. The number of carbonyl (C=O) groups is 1. The van der Waals surface area contributed by atoms with Gasteiger partial charge in [0.2, 0.25) is 15.9 Å². The van der Waals surface area contributed by atoms with Crippen molar-refractivity contribution in [2.75, 3.05) is 39.4 Å². The van der Waals surface area contributed by atoms with Crippen LogP contribution in [0, 0.1) is 5.92 Å². The van der Waals surface area contributed by atoms with Gasteiger partial charge in [-0.25, -0.2) is 8.42 Å². The average molecular weight is 434 g/mol. The first-order valence-corrected chi connectivity index (χ1v) is 10.7. The van der Waals surface area contributed by atoms with Gasteiger partial charge in [0.1, 0.15) is 13.2 Å². The lowest BCUT2D eigenvalue weighted by atomic mass is 10.0. The first-order chi connectivity index (χ1) is 12.8. The number of nitrogens with zero attached hydrogens (tertiary/aromatic N) is 2. The van der Waals surface area contributed by atoms with Crippen LogP contribution < -0.4 is 15.2 Å². The van der Waals surface area contributed by atoms with Crippen molar-refractivity contribution in [3.8, 4) is 11.5 Å². The van der Waals surface area contributed by atoms with E-state index in [-0.39, 0.29) is 35.7 Å². The van der Waals surface area contributed by atoms with Crippen molar-refractivity contribution in [1.82, 2.24) is 9.21 Å². The third-order valence-corrected chi connectivity index (χ3v) is 6.82. The SMILES string of the molecule is CC(C)[C@H](N)C(=O)N1CCCN(S(=O)(=O)c2ccc3c(c2)OCCO3)CC1.Cl. The summed E-state index contributed by atoms with van der Waals surface area (Å²) in [5, 5.41) is 0. The molecule has 0 radical (unpaired) electrons. The molecule has 8 nitrogen and oxygen atoms in total. The molecular formula is C18H28ClN3O5S. The van der Waals surface area contributed by atoms with E-state index in [1.807, 2.05) is 13.8 Å². The molecule has 1 atom stereocenters. The van der Waals surface area contributed by atoms with E-state index in [2.05, 4.69) is 0 Å². The minimum atomic E-state index is -3.68. The van der Waals surface area contributed by atoms with Gasteiger partial charge in [-0.05, 0) is 24.5 Å². The predicted molar refractivity (Wildman–Crippen MR) is 107 cm³/mol. The molecule has 3 rings (SSSR count). The Bertz CT molecular complexity index is 802. The summed E-state index contributed by atoms with van der Waals surface area (Å²) in [6.07, 6.45) is 0.570. The number of sulfonamides is 1. The smallest absolute Gasteiger partial charge is 0.243 e. The zero-order valence-electron chi connectivity index (χ0n) is 16.2. The number of amides is 1. The summed E-state index contributed by atoms with van der Waals surface area (Å²) in [6.45, 7) is 6.10. The van der Waals surface area contributed by atoms with Gasteiger partial charge >= 0.3 is 0 Å². The summed E-state index contributed by atoms with van der Waals surface area (Å²) in [4.78, 5) is 14.3. The Labute approximate surface area is 172 Å². The number of rotatable bonds is 4. The lowest BCUT2D eigenvalue weighted by molar-refractivity contribution is -0.133. The van der Waals surface area contributed by atoms with Crippen molar-refractivity contribution in [2.45, 2.75) is 31.2 Å². The fourth-order valence-corrected chi connectivity index (χ4v) is 4.67. The average Bonchev–Trinajstić information content (AvgIpc) is 2.93. The van der Waals surface area contributed by atoms with Gasteiger partial charge in [0.05, 0.1) is 10.9 Å². The van der Waals surface area contributed by atoms with Crippen LogP contribution in [0.4, 0.5) is 0 Å². The topological polar surface area (TPSA) is 102 Å². The number of nitrogens with two attached hydrogens (primary N) is 1. The molecule has 0 unspecified atom stereocenters. The summed E-state index contributed by atoms with van der Waals surface area (Å²) >= 11 is 0. The third kappa shape index (κ3) is 4.71. The summed E-state index contributed by atoms with van der Waals surface area (Å²) in [6, 6.07) is 4.10. The van der Waals surface area contributed by atoms with Gasteiger partial charge in [-0.3, -0.25) is 4.79 Å². The largest absolute Gasteiger partial charge is 0.486 e. The Kier molecular flexibility index (Phi) is 7.55. The lowest BCUT2D eigenvalue weighted by Crippen LogP contribution is -2.47. The predicted octanol–water partition coefficient (Wildman–Crippen LogP) is 1.09. The van der Waals surface area contributed by atoms with Gasteiger partial charge in [0, 0.05) is 32.2 Å². The maximum Gasteiger partial charge on any atom is 0.243 e. The summed E-state index contributed by atoms with van der Waals surface area (Å²) < 4.78 is 38.5. The molecule has 0 spiro atoms. The first kappa shape index (κ1) is 22.7. The summed E-state index contributed by atoms with van der Waals surface area (Å²) in [5.41, 5.74) is 5.97. The Hall–Kier alpha value is -1.55. The molecule has 0 aliphatic carbocycles. The zero-order valence-corrected chi connectivity index (χ0v) is 17.8. The molecule has 0 aromatic heterocycles. The van der Waals surface area contributed by atoms with Crippen LogP contribution in [0.25, 0.3) is 0 Å². The van der Waals surface area contributed by atoms with E-state index in [1.54, 1.807) is 11.0 Å². The van der Waals surface area contributed by atoms with E-state index in [9.17, 15) is 13.2 Å². The van der Waals surface area contributed by atoms with Crippen LogP contribution in [0.2, 0.25) is 0 Å². The number of carbonyl (C=O) groups excluding carboxylic acids is 1. The van der Waals surface area contributed by atoms with Crippen molar-refractivity contribution in [3.63, 3.8) is 0 Å². The van der Waals surface area contributed by atoms with Crippen molar-refractivity contribution in [2.24, 2.45) is 11.7 Å². The Balaban J connectivity index is 0.00000280. The van der Waals surface area contributed by atoms with Gasteiger partial charge in [-0.15, -0.1) is 12.4 Å². The van der Waals surface area contributed by atoms with Gasteiger partial charge in [-0.2, -0.15) is 4.31 Å². The van der Waals surface area contributed by atoms with E-state index in [4.69, 9.17) is 15.2 Å². The first-order valence-electron chi connectivity index (χ1n) is 9.25. The molecule has 0 bridgehead atoms. The minimum absolute atomic E-state index is 0. The van der Waals surface area contributed by atoms with Crippen molar-refractivity contribution < 1.29 is 22.7 Å². The molecule has 2 N–H and O–H groups in total. The van der Waals surface area contributed by atoms with Gasteiger partial charge in [-0.1, -0.05) is 13.8 Å². The Morgan fingerprint density at radius 3 is 2.43 bits per heavy atom. The molecule has 0 saturated carbocycles. The number of fused-ring (bicyclic) bond motifs is 1. The fraction of sp³-hybridized carbons (Fsp3) is 0.611. The fourth-order valence-electron chi connectivity index (χ4n) is 3.18. The normalized spacial score (nSPS) is 18.9. The molecule has 2 heterocycles. The monoisotopic (exact) mass is 433 g/mol.